The van der Waals surface area contributed by atoms with Crippen LogP contribution in [0.3, 0.4) is 0 Å². The second kappa shape index (κ2) is 5.80. The Kier molecular flexibility index (Phi) is 3.80. The normalized spacial score (nSPS) is 11.0. The maximum absolute atomic E-state index is 13.2. The Balaban J connectivity index is 2.07. The summed E-state index contributed by atoms with van der Waals surface area (Å²) in [6.07, 6.45) is -0.156. The van der Waals surface area contributed by atoms with Crippen molar-refractivity contribution in [2.75, 3.05) is 0 Å². The fraction of sp³-hybridized carbons (Fsp3) is 0.0625. The van der Waals surface area contributed by atoms with Crippen LogP contribution in [0.1, 0.15) is 21.7 Å². The first-order valence-corrected chi connectivity index (χ1v) is 6.75. The smallest absolute Gasteiger partial charge is 0.335 e. The third kappa shape index (κ3) is 2.85. The van der Waals surface area contributed by atoms with E-state index in [2.05, 4.69) is 9.97 Å². The number of carboxylic acid groups (broad SMARTS) is 1. The maximum atomic E-state index is 13.2. The van der Waals surface area contributed by atoms with Crippen molar-refractivity contribution in [1.29, 1.82) is 0 Å². The van der Waals surface area contributed by atoms with Gasteiger partial charge in [0.15, 0.2) is 17.5 Å². The number of aromatic amines is 1. The van der Waals surface area contributed by atoms with E-state index in [0.717, 1.165) is 12.1 Å². The van der Waals surface area contributed by atoms with Gasteiger partial charge in [0.2, 0.25) is 0 Å². The standard InChI is InChI=1S/C16H9F3N2O3/c17-10-3-7(4-11(18)14(10)19)5-13-20-12-6-8(16(23)24)1-2-9(12)15(22)21-13/h1-4,6H,5H2,(H,23,24)(H,20,21,22). The van der Waals surface area contributed by atoms with Crippen LogP contribution in [0.2, 0.25) is 0 Å². The molecule has 3 aromatic rings. The zero-order valence-corrected chi connectivity index (χ0v) is 11.9. The highest BCUT2D eigenvalue weighted by atomic mass is 19.2. The largest absolute Gasteiger partial charge is 0.478 e. The average molecular weight is 334 g/mol. The maximum Gasteiger partial charge on any atom is 0.335 e. The molecule has 0 saturated heterocycles. The van der Waals surface area contributed by atoms with Gasteiger partial charge < -0.3 is 10.1 Å². The van der Waals surface area contributed by atoms with Crippen molar-refractivity contribution in [3.63, 3.8) is 0 Å². The number of benzene rings is 2. The van der Waals surface area contributed by atoms with Gasteiger partial charge in [0.1, 0.15) is 5.82 Å². The molecule has 2 N–H and O–H groups in total. The molecule has 0 fully saturated rings. The van der Waals surface area contributed by atoms with Gasteiger partial charge in [-0.05, 0) is 35.9 Å². The van der Waals surface area contributed by atoms with Gasteiger partial charge in [0, 0.05) is 6.42 Å². The number of carboxylic acids is 1. The topological polar surface area (TPSA) is 83.0 Å². The molecule has 0 amide bonds. The fourth-order valence-electron chi connectivity index (χ4n) is 2.31. The predicted octanol–water partition coefficient (Wildman–Crippen LogP) is 2.63. The summed E-state index contributed by atoms with van der Waals surface area (Å²) in [5.41, 5.74) is -0.361. The van der Waals surface area contributed by atoms with Crippen LogP contribution < -0.4 is 5.56 Å². The van der Waals surface area contributed by atoms with Crippen molar-refractivity contribution >= 4 is 16.9 Å². The number of H-pyrrole nitrogens is 1. The number of fused-ring (bicyclic) bond motifs is 1. The molecule has 1 aromatic heterocycles. The van der Waals surface area contributed by atoms with Gasteiger partial charge in [-0.1, -0.05) is 0 Å². The van der Waals surface area contributed by atoms with Crippen molar-refractivity contribution in [3.05, 3.63) is 75.1 Å². The lowest BCUT2D eigenvalue weighted by Crippen LogP contribution is -2.13. The Morgan fingerprint density at radius 1 is 1.12 bits per heavy atom. The van der Waals surface area contributed by atoms with E-state index in [-0.39, 0.29) is 34.3 Å². The van der Waals surface area contributed by atoms with Crippen molar-refractivity contribution < 1.29 is 23.1 Å². The van der Waals surface area contributed by atoms with E-state index >= 15 is 0 Å². The number of aromatic carboxylic acids is 1. The van der Waals surface area contributed by atoms with Crippen LogP contribution in [0.5, 0.6) is 0 Å². The van der Waals surface area contributed by atoms with Crippen molar-refractivity contribution in [2.45, 2.75) is 6.42 Å². The summed E-state index contributed by atoms with van der Waals surface area (Å²) in [7, 11) is 0. The number of halogens is 3. The molecule has 0 saturated carbocycles. The van der Waals surface area contributed by atoms with Gasteiger partial charge in [-0.3, -0.25) is 4.79 Å². The molecule has 5 nitrogen and oxygen atoms in total. The molecule has 0 spiro atoms. The molecule has 1 heterocycles. The number of nitrogens with zero attached hydrogens (tertiary/aromatic N) is 1. The molecular weight excluding hydrogens is 325 g/mol. The molecule has 0 bridgehead atoms. The molecule has 0 aliphatic heterocycles. The lowest BCUT2D eigenvalue weighted by molar-refractivity contribution is 0.0697. The summed E-state index contributed by atoms with van der Waals surface area (Å²) in [6, 6.07) is 5.42. The number of hydrogen-bond donors (Lipinski definition) is 2. The Bertz CT molecular complexity index is 1010. The molecule has 8 heteroatoms. The number of aromatic nitrogens is 2. The minimum absolute atomic E-state index is 0.0505. The Morgan fingerprint density at radius 2 is 1.79 bits per heavy atom. The third-order valence-corrected chi connectivity index (χ3v) is 3.42. The molecule has 0 radical (unpaired) electrons. The zero-order valence-electron chi connectivity index (χ0n) is 11.9. The van der Waals surface area contributed by atoms with Gasteiger partial charge in [-0.15, -0.1) is 0 Å². The quantitative estimate of drug-likeness (QED) is 0.721. The molecule has 0 atom stereocenters. The monoisotopic (exact) mass is 334 g/mol. The summed E-state index contributed by atoms with van der Waals surface area (Å²) in [6.45, 7) is 0. The number of hydrogen-bond acceptors (Lipinski definition) is 3. The molecule has 2 aromatic carbocycles. The van der Waals surface area contributed by atoms with Crippen LogP contribution in [-0.4, -0.2) is 21.0 Å². The van der Waals surface area contributed by atoms with E-state index in [4.69, 9.17) is 5.11 Å². The van der Waals surface area contributed by atoms with Crippen LogP contribution in [0.15, 0.2) is 35.1 Å². The van der Waals surface area contributed by atoms with Gasteiger partial charge in [-0.2, -0.15) is 0 Å². The van der Waals surface area contributed by atoms with Crippen molar-refractivity contribution in [3.8, 4) is 0 Å². The number of nitrogens with one attached hydrogen (secondary N) is 1. The lowest BCUT2D eigenvalue weighted by Gasteiger charge is -2.05. The first kappa shape index (κ1) is 15.7. The van der Waals surface area contributed by atoms with Crippen LogP contribution in [0.4, 0.5) is 13.2 Å². The Morgan fingerprint density at radius 3 is 2.42 bits per heavy atom. The highest BCUT2D eigenvalue weighted by Gasteiger charge is 2.13. The van der Waals surface area contributed by atoms with E-state index in [1.807, 2.05) is 0 Å². The van der Waals surface area contributed by atoms with Crippen molar-refractivity contribution in [1.82, 2.24) is 9.97 Å². The summed E-state index contributed by atoms with van der Waals surface area (Å²) in [4.78, 5) is 29.5. The van der Waals surface area contributed by atoms with Gasteiger partial charge >= 0.3 is 5.97 Å². The number of carbonyl (C=O) groups is 1. The molecule has 24 heavy (non-hydrogen) atoms. The SMILES string of the molecule is O=C(O)c1ccc2c(=O)[nH]c(Cc3cc(F)c(F)c(F)c3)nc2c1. The molecule has 0 unspecified atom stereocenters. The van der Waals surface area contributed by atoms with E-state index in [9.17, 15) is 22.8 Å². The van der Waals surface area contributed by atoms with E-state index in [1.54, 1.807) is 0 Å². The van der Waals surface area contributed by atoms with Crippen LogP contribution in [-0.2, 0) is 6.42 Å². The van der Waals surface area contributed by atoms with Crippen LogP contribution in [0.25, 0.3) is 10.9 Å². The highest BCUT2D eigenvalue weighted by molar-refractivity contribution is 5.92. The first-order valence-electron chi connectivity index (χ1n) is 6.75. The zero-order chi connectivity index (χ0) is 17.4. The number of rotatable bonds is 3. The van der Waals surface area contributed by atoms with Gasteiger partial charge in [0.05, 0.1) is 16.5 Å². The predicted molar refractivity (Wildman–Crippen MR) is 78.4 cm³/mol. The Labute approximate surface area is 132 Å². The van der Waals surface area contributed by atoms with E-state index in [0.29, 0.717) is 0 Å². The average Bonchev–Trinajstić information content (AvgIpc) is 2.52. The summed E-state index contributed by atoms with van der Waals surface area (Å²) in [5, 5.41) is 9.15. The highest BCUT2D eigenvalue weighted by Crippen LogP contribution is 2.16. The third-order valence-electron chi connectivity index (χ3n) is 3.42. The molecule has 0 aliphatic rings. The molecular formula is C16H9F3N2O3. The summed E-state index contributed by atoms with van der Waals surface area (Å²) in [5.74, 6) is -5.38. The van der Waals surface area contributed by atoms with Crippen LogP contribution >= 0.6 is 0 Å². The second-order valence-corrected chi connectivity index (χ2v) is 5.10. The molecule has 3 rings (SSSR count). The van der Waals surface area contributed by atoms with Gasteiger partial charge in [0.25, 0.3) is 5.56 Å². The minimum Gasteiger partial charge on any atom is -0.478 e. The summed E-state index contributed by atoms with van der Waals surface area (Å²) >= 11 is 0. The fourth-order valence-corrected chi connectivity index (χ4v) is 2.31. The van der Waals surface area contributed by atoms with Gasteiger partial charge in [-0.25, -0.2) is 22.9 Å². The van der Waals surface area contributed by atoms with Crippen LogP contribution in [0, 0.1) is 17.5 Å². The molecule has 0 aliphatic carbocycles. The first-order chi connectivity index (χ1) is 11.3. The summed E-state index contributed by atoms with van der Waals surface area (Å²) < 4.78 is 39.5. The lowest BCUT2D eigenvalue weighted by atomic mass is 10.1. The Hall–Kier alpha value is -3.16. The molecule has 122 valence electrons. The van der Waals surface area contributed by atoms with E-state index in [1.165, 1.54) is 18.2 Å². The second-order valence-electron chi connectivity index (χ2n) is 5.10. The minimum atomic E-state index is -1.58. The van der Waals surface area contributed by atoms with E-state index < -0.39 is 29.0 Å². The van der Waals surface area contributed by atoms with Crippen molar-refractivity contribution in [2.24, 2.45) is 0 Å².